The van der Waals surface area contributed by atoms with Crippen LogP contribution < -0.4 is 10.2 Å². The maximum absolute atomic E-state index is 13.9. The highest BCUT2D eigenvalue weighted by atomic mass is 16.4. The van der Waals surface area contributed by atoms with E-state index in [4.69, 9.17) is 4.42 Å². The van der Waals surface area contributed by atoms with E-state index in [0.29, 0.717) is 42.0 Å². The summed E-state index contributed by atoms with van der Waals surface area (Å²) in [6.45, 7) is 1.34. The molecule has 8 nitrogen and oxygen atoms in total. The van der Waals surface area contributed by atoms with Gasteiger partial charge in [0, 0.05) is 17.3 Å². The van der Waals surface area contributed by atoms with Crippen LogP contribution in [-0.4, -0.2) is 39.8 Å². The van der Waals surface area contributed by atoms with Crippen molar-refractivity contribution in [1.29, 1.82) is 0 Å². The highest BCUT2D eigenvalue weighted by Crippen LogP contribution is 2.47. The standard InChI is InChI=1S/C38H38N2O6/c1-24-20-32-36(38(45)40(37(32)44)29-15-13-28(14-16-29)39-27-10-6-3-7-11-27)33(23-42)35(24)34(43)19-12-26(25-8-4-2-5-9-25)21-30-17-18-31(22-41)46-30/h2-11,13-18,21,32-34,36,39,41-43H,12,19-20,22-23H2,1H3/b26-21-/t32-,33+,34-,36-/m1/s1. The third-order valence-electron chi connectivity index (χ3n) is 9.06. The fourth-order valence-electron chi connectivity index (χ4n) is 6.88. The van der Waals surface area contributed by atoms with E-state index in [1.807, 2.05) is 85.8 Å². The molecule has 3 aromatic carbocycles. The normalized spacial score (nSPS) is 20.7. The van der Waals surface area contributed by atoms with Gasteiger partial charge in [-0.15, -0.1) is 0 Å². The molecule has 1 aromatic heterocycles. The molecule has 0 saturated carbocycles. The van der Waals surface area contributed by atoms with Crippen molar-refractivity contribution in [3.8, 4) is 0 Å². The first kappa shape index (κ1) is 31.2. The molecule has 1 aliphatic heterocycles. The van der Waals surface area contributed by atoms with Crippen LogP contribution in [0.15, 0.2) is 113 Å². The van der Waals surface area contributed by atoms with Crippen LogP contribution in [0.4, 0.5) is 17.1 Å². The predicted octanol–water partition coefficient (Wildman–Crippen LogP) is 6.33. The monoisotopic (exact) mass is 618 g/mol. The Bertz CT molecular complexity index is 1740. The van der Waals surface area contributed by atoms with Gasteiger partial charge in [-0.2, -0.15) is 0 Å². The van der Waals surface area contributed by atoms with Crippen molar-refractivity contribution in [3.05, 3.63) is 125 Å². The summed E-state index contributed by atoms with van der Waals surface area (Å²) in [5.41, 5.74) is 5.63. The van der Waals surface area contributed by atoms with Gasteiger partial charge in [-0.05, 0) is 97.5 Å². The Morgan fingerprint density at radius 1 is 0.913 bits per heavy atom. The van der Waals surface area contributed by atoms with E-state index >= 15 is 0 Å². The number of hydrogen-bond acceptors (Lipinski definition) is 7. The zero-order valence-electron chi connectivity index (χ0n) is 25.7. The fraction of sp³-hybridized carbons (Fsp3) is 0.263. The van der Waals surface area contributed by atoms with E-state index in [-0.39, 0.29) is 25.0 Å². The average Bonchev–Trinajstić information content (AvgIpc) is 3.64. The lowest BCUT2D eigenvalue weighted by Gasteiger charge is -2.35. The molecule has 1 saturated heterocycles. The van der Waals surface area contributed by atoms with E-state index in [1.165, 1.54) is 4.90 Å². The van der Waals surface area contributed by atoms with Gasteiger partial charge in [0.25, 0.3) is 0 Å². The Hall–Kier alpha value is -4.76. The van der Waals surface area contributed by atoms with Crippen LogP contribution >= 0.6 is 0 Å². The number of nitrogens with zero attached hydrogens (tertiary/aromatic N) is 1. The van der Waals surface area contributed by atoms with E-state index < -0.39 is 23.9 Å². The van der Waals surface area contributed by atoms with Crippen LogP contribution in [0.2, 0.25) is 0 Å². The summed E-state index contributed by atoms with van der Waals surface area (Å²) in [5.74, 6) is -1.58. The van der Waals surface area contributed by atoms with Crippen molar-refractivity contribution in [3.63, 3.8) is 0 Å². The molecular weight excluding hydrogens is 580 g/mol. The maximum atomic E-state index is 13.9. The lowest BCUT2D eigenvalue weighted by molar-refractivity contribution is -0.123. The minimum Gasteiger partial charge on any atom is -0.459 e. The summed E-state index contributed by atoms with van der Waals surface area (Å²) in [6.07, 6.45) is 2.16. The van der Waals surface area contributed by atoms with Crippen LogP contribution in [0.25, 0.3) is 11.6 Å². The first-order chi connectivity index (χ1) is 22.4. The second-order valence-electron chi connectivity index (χ2n) is 12.0. The molecule has 0 spiro atoms. The molecule has 0 radical (unpaired) electrons. The van der Waals surface area contributed by atoms with Gasteiger partial charge in [-0.3, -0.25) is 14.5 Å². The van der Waals surface area contributed by atoms with Gasteiger partial charge >= 0.3 is 0 Å². The summed E-state index contributed by atoms with van der Waals surface area (Å²) in [6, 6.07) is 30.2. The molecule has 2 aliphatic rings. The molecular formula is C38H38N2O6. The van der Waals surface area contributed by atoms with E-state index in [1.54, 1.807) is 24.3 Å². The molecule has 1 fully saturated rings. The zero-order chi connectivity index (χ0) is 32.2. The lowest BCUT2D eigenvalue weighted by atomic mass is 9.68. The Kier molecular flexibility index (Phi) is 9.30. The van der Waals surface area contributed by atoms with Crippen molar-refractivity contribution in [2.24, 2.45) is 17.8 Å². The molecule has 2 amide bonds. The predicted molar refractivity (Wildman–Crippen MR) is 178 cm³/mol. The lowest BCUT2D eigenvalue weighted by Crippen LogP contribution is -2.38. The number of amides is 2. The number of anilines is 3. The second kappa shape index (κ2) is 13.7. The Labute approximate surface area is 268 Å². The van der Waals surface area contributed by atoms with Crippen LogP contribution in [-0.2, 0) is 16.2 Å². The number of carbonyl (C=O) groups is 2. The zero-order valence-corrected chi connectivity index (χ0v) is 25.7. The third-order valence-corrected chi connectivity index (χ3v) is 9.06. The molecule has 8 heteroatoms. The molecule has 2 heterocycles. The number of hydrogen-bond donors (Lipinski definition) is 4. The summed E-state index contributed by atoms with van der Waals surface area (Å²) < 4.78 is 5.70. The Morgan fingerprint density at radius 2 is 1.59 bits per heavy atom. The third kappa shape index (κ3) is 6.33. The smallest absolute Gasteiger partial charge is 0.238 e. The van der Waals surface area contributed by atoms with E-state index in [0.717, 1.165) is 28.1 Å². The molecule has 0 unspecified atom stereocenters. The van der Waals surface area contributed by atoms with Gasteiger partial charge in [0.2, 0.25) is 11.8 Å². The number of carbonyl (C=O) groups excluding carboxylic acids is 2. The summed E-state index contributed by atoms with van der Waals surface area (Å²) in [7, 11) is 0. The van der Waals surface area contributed by atoms with E-state index in [2.05, 4.69) is 5.32 Å². The van der Waals surface area contributed by atoms with Gasteiger partial charge in [0.15, 0.2) is 0 Å². The number of furan rings is 1. The largest absolute Gasteiger partial charge is 0.459 e. The first-order valence-corrected chi connectivity index (χ1v) is 15.6. The Morgan fingerprint density at radius 3 is 2.24 bits per heavy atom. The number of aliphatic hydroxyl groups is 3. The van der Waals surface area contributed by atoms with Crippen LogP contribution in [0, 0.1) is 17.8 Å². The van der Waals surface area contributed by atoms with Gasteiger partial charge in [0.05, 0.1) is 30.2 Å². The van der Waals surface area contributed by atoms with Gasteiger partial charge < -0.3 is 25.1 Å². The minimum atomic E-state index is -0.921. The Balaban J connectivity index is 1.20. The van der Waals surface area contributed by atoms with Crippen LogP contribution in [0.3, 0.4) is 0 Å². The molecule has 0 bridgehead atoms. The van der Waals surface area contributed by atoms with Crippen molar-refractivity contribution >= 4 is 40.5 Å². The topological polar surface area (TPSA) is 123 Å². The summed E-state index contributed by atoms with van der Waals surface area (Å²) in [4.78, 5) is 28.8. The molecule has 4 N–H and O–H groups in total. The van der Waals surface area contributed by atoms with Crippen LogP contribution in [0.1, 0.15) is 43.3 Å². The molecule has 4 aromatic rings. The molecule has 4 atom stereocenters. The number of para-hydroxylation sites is 1. The van der Waals surface area contributed by atoms with Crippen molar-refractivity contribution < 1.29 is 29.3 Å². The van der Waals surface area contributed by atoms with Crippen molar-refractivity contribution in [2.45, 2.75) is 38.9 Å². The maximum Gasteiger partial charge on any atom is 0.238 e. The fourth-order valence-corrected chi connectivity index (χ4v) is 6.88. The minimum absolute atomic E-state index is 0.194. The number of fused-ring (bicyclic) bond motifs is 1. The van der Waals surface area contributed by atoms with Crippen molar-refractivity contribution in [1.82, 2.24) is 0 Å². The average molecular weight is 619 g/mol. The summed E-state index contributed by atoms with van der Waals surface area (Å²) in [5, 5.41) is 34.9. The number of rotatable bonds is 11. The summed E-state index contributed by atoms with van der Waals surface area (Å²) >= 11 is 0. The molecule has 1 aliphatic carbocycles. The number of benzene rings is 3. The molecule has 46 heavy (non-hydrogen) atoms. The molecule has 6 rings (SSSR count). The highest BCUT2D eigenvalue weighted by molar-refractivity contribution is 6.22. The SMILES string of the molecule is CC1=C([C@H](O)CC/C(=C/c2ccc(CO)o2)c2ccccc2)[C@H](CO)[C@@H]2C(=O)N(c3ccc(Nc4ccccc4)cc3)C(=O)[C@@H]2C1. The van der Waals surface area contributed by atoms with Crippen LogP contribution in [0.5, 0.6) is 0 Å². The van der Waals surface area contributed by atoms with Gasteiger partial charge in [-0.25, -0.2) is 0 Å². The molecule has 236 valence electrons. The van der Waals surface area contributed by atoms with Gasteiger partial charge in [0.1, 0.15) is 18.1 Å². The number of allylic oxidation sites excluding steroid dienone is 2. The van der Waals surface area contributed by atoms with Gasteiger partial charge in [-0.1, -0.05) is 54.1 Å². The number of nitrogens with one attached hydrogen (secondary N) is 1. The number of imide groups is 1. The van der Waals surface area contributed by atoms with E-state index in [9.17, 15) is 24.9 Å². The highest BCUT2D eigenvalue weighted by Gasteiger charge is 2.54. The first-order valence-electron chi connectivity index (χ1n) is 15.6. The quantitative estimate of drug-likeness (QED) is 0.114. The van der Waals surface area contributed by atoms with Crippen molar-refractivity contribution in [2.75, 3.05) is 16.8 Å². The number of aliphatic hydroxyl groups excluding tert-OH is 3. The second-order valence-corrected chi connectivity index (χ2v) is 12.0.